The highest BCUT2D eigenvalue weighted by molar-refractivity contribution is 5.73. The Kier molecular flexibility index (Phi) is 7.35. The molecule has 0 unspecified atom stereocenters. The molecular formula is C17H28N2O3. The second-order valence-corrected chi connectivity index (χ2v) is 6.37. The van der Waals surface area contributed by atoms with Crippen LogP contribution in [0.5, 0.6) is 0 Å². The van der Waals surface area contributed by atoms with Crippen LogP contribution in [0.3, 0.4) is 0 Å². The summed E-state index contributed by atoms with van der Waals surface area (Å²) in [7, 11) is 1.63. The standard InChI is InChI=1S/C17H28N2O3/c1-17(2,3)14-8-6-13(7-9-14)15(20)12-19-16(21)18-10-5-11-22-4/h6-9,15,20H,5,10-12H2,1-4H3,(H2,18,19,21)/t15-/m1/s1. The Balaban J connectivity index is 2.39. The summed E-state index contributed by atoms with van der Waals surface area (Å²) >= 11 is 0. The lowest BCUT2D eigenvalue weighted by atomic mass is 9.86. The number of rotatable bonds is 7. The van der Waals surface area contributed by atoms with E-state index in [1.165, 1.54) is 5.56 Å². The van der Waals surface area contributed by atoms with Crippen LogP contribution in [0.15, 0.2) is 24.3 Å². The van der Waals surface area contributed by atoms with Crippen molar-refractivity contribution in [2.45, 2.75) is 38.7 Å². The first-order valence-corrected chi connectivity index (χ1v) is 7.63. The van der Waals surface area contributed by atoms with E-state index in [2.05, 4.69) is 31.4 Å². The number of carbonyl (C=O) groups is 1. The fourth-order valence-electron chi connectivity index (χ4n) is 1.99. The third-order valence-electron chi connectivity index (χ3n) is 3.43. The Morgan fingerprint density at radius 3 is 2.41 bits per heavy atom. The zero-order chi connectivity index (χ0) is 16.6. The fourth-order valence-corrected chi connectivity index (χ4v) is 1.99. The van der Waals surface area contributed by atoms with Gasteiger partial charge in [0.2, 0.25) is 0 Å². The molecule has 2 amide bonds. The van der Waals surface area contributed by atoms with Gasteiger partial charge < -0.3 is 20.5 Å². The van der Waals surface area contributed by atoms with Crippen molar-refractivity contribution in [2.24, 2.45) is 0 Å². The summed E-state index contributed by atoms with van der Waals surface area (Å²) in [6.45, 7) is 7.79. The third kappa shape index (κ3) is 6.45. The number of amides is 2. The minimum absolute atomic E-state index is 0.0871. The molecule has 5 nitrogen and oxygen atoms in total. The molecule has 1 aromatic carbocycles. The predicted octanol–water partition coefficient (Wildman–Crippen LogP) is 2.35. The molecule has 0 radical (unpaired) electrons. The van der Waals surface area contributed by atoms with E-state index in [1.54, 1.807) is 7.11 Å². The van der Waals surface area contributed by atoms with Gasteiger partial charge in [0.15, 0.2) is 0 Å². The highest BCUT2D eigenvalue weighted by Gasteiger charge is 2.15. The van der Waals surface area contributed by atoms with Gasteiger partial charge in [0.1, 0.15) is 0 Å². The summed E-state index contributed by atoms with van der Waals surface area (Å²) < 4.78 is 4.90. The zero-order valence-electron chi connectivity index (χ0n) is 14.0. The van der Waals surface area contributed by atoms with E-state index in [0.29, 0.717) is 13.2 Å². The van der Waals surface area contributed by atoms with Crippen LogP contribution < -0.4 is 10.6 Å². The number of ether oxygens (including phenoxy) is 1. The number of urea groups is 1. The number of nitrogens with one attached hydrogen (secondary N) is 2. The molecule has 1 aromatic rings. The Morgan fingerprint density at radius 1 is 1.23 bits per heavy atom. The van der Waals surface area contributed by atoms with E-state index in [1.807, 2.05) is 24.3 Å². The smallest absolute Gasteiger partial charge is 0.314 e. The highest BCUT2D eigenvalue weighted by atomic mass is 16.5. The summed E-state index contributed by atoms with van der Waals surface area (Å²) in [4.78, 5) is 11.6. The van der Waals surface area contributed by atoms with Crippen LogP contribution in [0.25, 0.3) is 0 Å². The number of aliphatic hydroxyl groups is 1. The van der Waals surface area contributed by atoms with Crippen LogP contribution in [-0.4, -0.2) is 37.9 Å². The molecule has 1 rings (SSSR count). The maximum atomic E-state index is 11.6. The normalized spacial score (nSPS) is 12.8. The lowest BCUT2D eigenvalue weighted by Crippen LogP contribution is -2.38. The van der Waals surface area contributed by atoms with Crippen molar-refractivity contribution in [3.8, 4) is 0 Å². The Labute approximate surface area is 133 Å². The molecule has 0 fully saturated rings. The molecule has 0 saturated carbocycles. The van der Waals surface area contributed by atoms with Gasteiger partial charge in [0, 0.05) is 26.8 Å². The minimum atomic E-state index is -0.709. The molecule has 1 atom stereocenters. The number of carbonyl (C=O) groups excluding carboxylic acids is 1. The SMILES string of the molecule is COCCCNC(=O)NC[C@@H](O)c1ccc(C(C)(C)C)cc1. The molecule has 0 aromatic heterocycles. The van der Waals surface area contributed by atoms with E-state index in [4.69, 9.17) is 4.74 Å². The topological polar surface area (TPSA) is 70.6 Å². The summed E-state index contributed by atoms with van der Waals surface area (Å²) in [6.07, 6.45) is 0.0551. The van der Waals surface area contributed by atoms with E-state index in [9.17, 15) is 9.90 Å². The van der Waals surface area contributed by atoms with E-state index in [0.717, 1.165) is 12.0 Å². The predicted molar refractivity (Wildman–Crippen MR) is 88.0 cm³/mol. The van der Waals surface area contributed by atoms with Gasteiger partial charge in [0.25, 0.3) is 0 Å². The summed E-state index contributed by atoms with van der Waals surface area (Å²) in [5, 5.41) is 15.5. The molecule has 0 aliphatic heterocycles. The number of hydrogen-bond donors (Lipinski definition) is 3. The van der Waals surface area contributed by atoms with Gasteiger partial charge in [-0.2, -0.15) is 0 Å². The maximum Gasteiger partial charge on any atom is 0.314 e. The largest absolute Gasteiger partial charge is 0.387 e. The Bertz CT molecular complexity index is 452. The average Bonchev–Trinajstić information content (AvgIpc) is 2.48. The van der Waals surface area contributed by atoms with Crippen LogP contribution >= 0.6 is 0 Å². The van der Waals surface area contributed by atoms with Crippen molar-refractivity contribution in [2.75, 3.05) is 26.8 Å². The maximum absolute atomic E-state index is 11.6. The molecule has 124 valence electrons. The molecular weight excluding hydrogens is 280 g/mol. The second-order valence-electron chi connectivity index (χ2n) is 6.37. The van der Waals surface area contributed by atoms with Crippen LogP contribution in [0.2, 0.25) is 0 Å². The van der Waals surface area contributed by atoms with Gasteiger partial charge in [0.05, 0.1) is 6.10 Å². The van der Waals surface area contributed by atoms with Gasteiger partial charge in [-0.15, -0.1) is 0 Å². The number of hydrogen-bond acceptors (Lipinski definition) is 3. The van der Waals surface area contributed by atoms with E-state index < -0.39 is 6.10 Å². The van der Waals surface area contributed by atoms with Gasteiger partial charge in [-0.1, -0.05) is 45.0 Å². The van der Waals surface area contributed by atoms with Crippen LogP contribution in [0.1, 0.15) is 44.4 Å². The van der Waals surface area contributed by atoms with Gasteiger partial charge >= 0.3 is 6.03 Å². The number of benzene rings is 1. The fraction of sp³-hybridized carbons (Fsp3) is 0.588. The van der Waals surface area contributed by atoms with E-state index >= 15 is 0 Å². The monoisotopic (exact) mass is 308 g/mol. The zero-order valence-corrected chi connectivity index (χ0v) is 14.0. The summed E-state index contributed by atoms with van der Waals surface area (Å²) in [5.74, 6) is 0. The van der Waals surface area contributed by atoms with Crippen molar-refractivity contribution in [1.29, 1.82) is 0 Å². The molecule has 0 saturated heterocycles. The minimum Gasteiger partial charge on any atom is -0.387 e. The lowest BCUT2D eigenvalue weighted by molar-refractivity contribution is 0.172. The van der Waals surface area contributed by atoms with Crippen molar-refractivity contribution >= 4 is 6.03 Å². The van der Waals surface area contributed by atoms with Crippen LogP contribution in [0, 0.1) is 0 Å². The van der Waals surface area contributed by atoms with Gasteiger partial charge in [-0.05, 0) is 23.0 Å². The molecule has 0 spiro atoms. The second kappa shape index (κ2) is 8.76. The van der Waals surface area contributed by atoms with Gasteiger partial charge in [-0.3, -0.25) is 0 Å². The molecule has 22 heavy (non-hydrogen) atoms. The highest BCUT2D eigenvalue weighted by Crippen LogP contribution is 2.23. The Morgan fingerprint density at radius 2 is 1.86 bits per heavy atom. The first-order valence-electron chi connectivity index (χ1n) is 7.63. The molecule has 3 N–H and O–H groups in total. The van der Waals surface area contributed by atoms with Crippen molar-refractivity contribution < 1.29 is 14.6 Å². The number of methoxy groups -OCH3 is 1. The molecule has 0 aliphatic rings. The molecule has 0 bridgehead atoms. The van der Waals surface area contributed by atoms with Crippen LogP contribution in [-0.2, 0) is 10.2 Å². The number of aliphatic hydroxyl groups excluding tert-OH is 1. The van der Waals surface area contributed by atoms with Crippen molar-refractivity contribution in [3.63, 3.8) is 0 Å². The lowest BCUT2D eigenvalue weighted by Gasteiger charge is -2.20. The van der Waals surface area contributed by atoms with Crippen LogP contribution in [0.4, 0.5) is 4.79 Å². The summed E-state index contributed by atoms with van der Waals surface area (Å²) in [6, 6.07) is 7.57. The average molecular weight is 308 g/mol. The van der Waals surface area contributed by atoms with Crippen molar-refractivity contribution in [3.05, 3.63) is 35.4 Å². The van der Waals surface area contributed by atoms with Gasteiger partial charge in [-0.25, -0.2) is 4.79 Å². The first kappa shape index (κ1) is 18.5. The van der Waals surface area contributed by atoms with Crippen molar-refractivity contribution in [1.82, 2.24) is 10.6 Å². The first-order chi connectivity index (χ1) is 10.3. The molecule has 0 heterocycles. The quantitative estimate of drug-likeness (QED) is 0.677. The molecule has 0 aliphatic carbocycles. The third-order valence-corrected chi connectivity index (χ3v) is 3.43. The van der Waals surface area contributed by atoms with E-state index in [-0.39, 0.29) is 18.0 Å². The summed E-state index contributed by atoms with van der Waals surface area (Å²) in [5.41, 5.74) is 2.10. The Hall–Kier alpha value is -1.59. The molecule has 5 heteroatoms.